The quantitative estimate of drug-likeness (QED) is 0.706. The van der Waals surface area contributed by atoms with Crippen molar-refractivity contribution in [2.24, 2.45) is 0 Å². The summed E-state index contributed by atoms with van der Waals surface area (Å²) in [5, 5.41) is 3.84. The lowest BCUT2D eigenvalue weighted by Crippen LogP contribution is -2.37. The number of amides is 2. The molecule has 1 N–H and O–H groups in total. The Labute approximate surface area is 174 Å². The summed E-state index contributed by atoms with van der Waals surface area (Å²) in [5.41, 5.74) is 2.69. The third kappa shape index (κ3) is 3.78. The second-order valence-electron chi connectivity index (χ2n) is 7.26. The second kappa shape index (κ2) is 8.02. The van der Waals surface area contributed by atoms with Crippen molar-refractivity contribution >= 4 is 28.4 Å². The van der Waals surface area contributed by atoms with Gasteiger partial charge in [0.1, 0.15) is 11.5 Å². The summed E-state index contributed by atoms with van der Waals surface area (Å²) in [5.74, 6) is 1.19. The van der Waals surface area contributed by atoms with Gasteiger partial charge in [-0.3, -0.25) is 14.6 Å². The lowest BCUT2D eigenvalue weighted by atomic mass is 10.1. The smallest absolute Gasteiger partial charge is 0.253 e. The molecule has 0 spiro atoms. The maximum Gasteiger partial charge on any atom is 0.253 e. The molecule has 1 aliphatic rings. The highest BCUT2D eigenvalue weighted by molar-refractivity contribution is 6.01. The van der Waals surface area contributed by atoms with E-state index in [0.717, 1.165) is 28.1 Å². The number of hydrogen-bond donors (Lipinski definition) is 1. The number of benzene rings is 2. The van der Waals surface area contributed by atoms with Gasteiger partial charge in [0.2, 0.25) is 5.91 Å². The van der Waals surface area contributed by atoms with Gasteiger partial charge >= 0.3 is 0 Å². The van der Waals surface area contributed by atoms with Crippen LogP contribution in [0, 0.1) is 6.92 Å². The third-order valence-corrected chi connectivity index (χ3v) is 5.30. The van der Waals surface area contributed by atoms with Crippen LogP contribution in [0.25, 0.3) is 10.9 Å². The number of aryl methyl sites for hydroxylation is 1. The molecule has 2 amide bonds. The SMILES string of the molecule is COc1ccc(N2CC(NC(=O)c3cc4ccc(OC)cc4nc3C)CC2=O)cc1. The van der Waals surface area contributed by atoms with Crippen LogP contribution in [0.2, 0.25) is 0 Å². The third-order valence-electron chi connectivity index (χ3n) is 5.30. The van der Waals surface area contributed by atoms with Gasteiger partial charge in [-0.2, -0.15) is 0 Å². The molecule has 1 fully saturated rings. The predicted octanol–water partition coefficient (Wildman–Crippen LogP) is 3.10. The summed E-state index contributed by atoms with van der Waals surface area (Å²) in [7, 11) is 3.20. The van der Waals surface area contributed by atoms with Crippen LogP contribution >= 0.6 is 0 Å². The zero-order valence-corrected chi connectivity index (χ0v) is 17.1. The zero-order valence-electron chi connectivity index (χ0n) is 17.1. The van der Waals surface area contributed by atoms with Crippen molar-refractivity contribution < 1.29 is 19.1 Å². The summed E-state index contributed by atoms with van der Waals surface area (Å²) in [4.78, 5) is 31.6. The Morgan fingerprint density at radius 1 is 1.07 bits per heavy atom. The second-order valence-corrected chi connectivity index (χ2v) is 7.26. The van der Waals surface area contributed by atoms with E-state index in [9.17, 15) is 9.59 Å². The van der Waals surface area contributed by atoms with Gasteiger partial charge in [-0.15, -0.1) is 0 Å². The average molecular weight is 405 g/mol. The number of aromatic nitrogens is 1. The molecule has 0 bridgehead atoms. The molecule has 1 unspecified atom stereocenters. The van der Waals surface area contributed by atoms with E-state index < -0.39 is 0 Å². The number of anilines is 1. The Morgan fingerprint density at radius 2 is 1.77 bits per heavy atom. The van der Waals surface area contributed by atoms with Gasteiger partial charge in [-0.05, 0) is 49.4 Å². The molecule has 1 atom stereocenters. The largest absolute Gasteiger partial charge is 0.497 e. The Bertz CT molecular complexity index is 1110. The summed E-state index contributed by atoms with van der Waals surface area (Å²) in [6.45, 7) is 2.23. The van der Waals surface area contributed by atoms with Crippen LogP contribution in [0.15, 0.2) is 48.5 Å². The molecule has 1 aliphatic heterocycles. The lowest BCUT2D eigenvalue weighted by molar-refractivity contribution is -0.117. The summed E-state index contributed by atoms with van der Waals surface area (Å²) in [6, 6.07) is 14.4. The molecule has 1 aromatic heterocycles. The molecule has 7 heteroatoms. The van der Waals surface area contributed by atoms with Crippen LogP contribution < -0.4 is 19.7 Å². The van der Waals surface area contributed by atoms with E-state index in [2.05, 4.69) is 10.3 Å². The molecule has 30 heavy (non-hydrogen) atoms. The first-order valence-corrected chi connectivity index (χ1v) is 9.69. The van der Waals surface area contributed by atoms with Gasteiger partial charge in [0.15, 0.2) is 0 Å². The van der Waals surface area contributed by atoms with Crippen molar-refractivity contribution in [3.8, 4) is 11.5 Å². The number of methoxy groups -OCH3 is 2. The Balaban J connectivity index is 1.49. The molecule has 2 aromatic carbocycles. The highest BCUT2D eigenvalue weighted by Crippen LogP contribution is 2.25. The fourth-order valence-corrected chi connectivity index (χ4v) is 3.68. The molecule has 1 saturated heterocycles. The molecule has 3 aromatic rings. The van der Waals surface area contributed by atoms with E-state index >= 15 is 0 Å². The monoisotopic (exact) mass is 405 g/mol. The van der Waals surface area contributed by atoms with Crippen molar-refractivity contribution in [2.75, 3.05) is 25.7 Å². The normalized spacial score (nSPS) is 16.0. The highest BCUT2D eigenvalue weighted by Gasteiger charge is 2.32. The number of fused-ring (bicyclic) bond motifs is 1. The van der Waals surface area contributed by atoms with Crippen molar-refractivity contribution in [1.29, 1.82) is 0 Å². The van der Waals surface area contributed by atoms with Crippen LogP contribution in [0.3, 0.4) is 0 Å². The van der Waals surface area contributed by atoms with Gasteiger partial charge in [0, 0.05) is 30.1 Å². The van der Waals surface area contributed by atoms with Crippen molar-refractivity contribution in [3.05, 3.63) is 59.8 Å². The summed E-state index contributed by atoms with van der Waals surface area (Å²) < 4.78 is 10.4. The van der Waals surface area contributed by atoms with E-state index in [4.69, 9.17) is 9.47 Å². The number of ether oxygens (including phenoxy) is 2. The lowest BCUT2D eigenvalue weighted by Gasteiger charge is -2.18. The number of hydrogen-bond acceptors (Lipinski definition) is 5. The van der Waals surface area contributed by atoms with Crippen molar-refractivity contribution in [3.63, 3.8) is 0 Å². The number of carbonyl (C=O) groups excluding carboxylic acids is 2. The topological polar surface area (TPSA) is 80.8 Å². The van der Waals surface area contributed by atoms with Gasteiger partial charge in [0.05, 0.1) is 37.0 Å². The van der Waals surface area contributed by atoms with E-state index in [1.165, 1.54) is 0 Å². The van der Waals surface area contributed by atoms with Crippen LogP contribution in [0.4, 0.5) is 5.69 Å². The summed E-state index contributed by atoms with van der Waals surface area (Å²) >= 11 is 0. The van der Waals surface area contributed by atoms with Crippen LogP contribution in [-0.4, -0.2) is 43.6 Å². The Hall–Kier alpha value is -3.61. The molecule has 7 nitrogen and oxygen atoms in total. The van der Waals surface area contributed by atoms with Crippen LogP contribution in [-0.2, 0) is 4.79 Å². The van der Waals surface area contributed by atoms with Gasteiger partial charge in [-0.25, -0.2) is 0 Å². The first-order valence-electron chi connectivity index (χ1n) is 9.69. The zero-order chi connectivity index (χ0) is 21.3. The molecule has 0 radical (unpaired) electrons. The first-order chi connectivity index (χ1) is 14.5. The highest BCUT2D eigenvalue weighted by atomic mass is 16.5. The van der Waals surface area contributed by atoms with Gasteiger partial charge in [-0.1, -0.05) is 0 Å². The molecule has 0 saturated carbocycles. The minimum Gasteiger partial charge on any atom is -0.497 e. The van der Waals surface area contributed by atoms with Gasteiger partial charge < -0.3 is 19.7 Å². The Kier molecular flexibility index (Phi) is 5.27. The minimum atomic E-state index is -0.266. The fourth-order valence-electron chi connectivity index (χ4n) is 3.68. The number of rotatable bonds is 5. The van der Waals surface area contributed by atoms with Crippen LogP contribution in [0.1, 0.15) is 22.5 Å². The summed E-state index contributed by atoms with van der Waals surface area (Å²) in [6.07, 6.45) is 0.259. The predicted molar refractivity (Wildman–Crippen MR) is 114 cm³/mol. The molecule has 154 valence electrons. The minimum absolute atomic E-state index is 0.0223. The van der Waals surface area contributed by atoms with E-state index in [-0.39, 0.29) is 24.3 Å². The molecular formula is C23H23N3O4. The standard InChI is InChI=1S/C23H23N3O4/c1-14-20(10-15-4-7-19(30-3)12-21(15)24-14)23(28)25-16-11-22(27)26(13-16)17-5-8-18(29-2)9-6-17/h4-10,12,16H,11,13H2,1-3H3,(H,25,28). The number of carbonyl (C=O) groups is 2. The number of pyridine rings is 1. The maximum absolute atomic E-state index is 12.9. The fraction of sp³-hybridized carbons (Fsp3) is 0.261. The number of nitrogens with zero attached hydrogens (tertiary/aromatic N) is 2. The molecule has 0 aliphatic carbocycles. The number of nitrogens with one attached hydrogen (secondary N) is 1. The van der Waals surface area contributed by atoms with E-state index in [0.29, 0.717) is 17.8 Å². The van der Waals surface area contributed by atoms with Crippen molar-refractivity contribution in [2.45, 2.75) is 19.4 Å². The maximum atomic E-state index is 12.9. The Morgan fingerprint density at radius 3 is 2.47 bits per heavy atom. The van der Waals surface area contributed by atoms with Crippen molar-refractivity contribution in [1.82, 2.24) is 10.3 Å². The molecule has 2 heterocycles. The van der Waals surface area contributed by atoms with E-state index in [1.54, 1.807) is 26.0 Å². The van der Waals surface area contributed by atoms with Crippen LogP contribution in [0.5, 0.6) is 11.5 Å². The molecular weight excluding hydrogens is 382 g/mol. The van der Waals surface area contributed by atoms with Gasteiger partial charge in [0.25, 0.3) is 5.91 Å². The van der Waals surface area contributed by atoms with E-state index in [1.807, 2.05) is 48.5 Å². The average Bonchev–Trinajstić information content (AvgIpc) is 3.12. The molecule has 4 rings (SSSR count). The first kappa shape index (κ1) is 19.7.